The molecule has 5 nitrogen and oxygen atoms in total. The predicted molar refractivity (Wildman–Crippen MR) is 57.2 cm³/mol. The molecule has 1 heterocycles. The number of anilines is 1. The van der Waals surface area contributed by atoms with E-state index >= 15 is 0 Å². The zero-order valence-electron chi connectivity index (χ0n) is 9.96. The lowest BCUT2D eigenvalue weighted by molar-refractivity contribution is -0.193. The molecule has 0 aliphatic carbocycles. The number of rotatable bonds is 3. The van der Waals surface area contributed by atoms with Gasteiger partial charge in [-0.05, 0) is 26.8 Å². The normalized spacial score (nSPS) is 15.0. The van der Waals surface area contributed by atoms with Crippen molar-refractivity contribution in [2.24, 2.45) is 0 Å². The molecule has 0 aromatic carbocycles. The van der Waals surface area contributed by atoms with Crippen LogP contribution >= 0.6 is 0 Å². The van der Waals surface area contributed by atoms with Crippen LogP contribution in [0.25, 0.3) is 0 Å². The standard InChI is InChI=1S/C10H12F3N3O2/c1-5-4-6(2)15-8(14-5)16-9(3,7(17)18)10(11,12)13/h4H,1-3H3,(H,17,18)(H,14,15,16). The first-order valence-electron chi connectivity index (χ1n) is 4.97. The van der Waals surface area contributed by atoms with Crippen molar-refractivity contribution in [1.29, 1.82) is 0 Å². The lowest BCUT2D eigenvalue weighted by Crippen LogP contribution is -2.56. The number of aryl methyl sites for hydroxylation is 2. The van der Waals surface area contributed by atoms with Crippen LogP contribution in [0, 0.1) is 13.8 Å². The Labute approximate surface area is 101 Å². The van der Waals surface area contributed by atoms with Gasteiger partial charge in [0.15, 0.2) is 0 Å². The fourth-order valence-corrected chi connectivity index (χ4v) is 1.25. The second-order valence-electron chi connectivity index (χ2n) is 4.03. The van der Waals surface area contributed by atoms with Crippen molar-refractivity contribution >= 4 is 11.9 Å². The van der Waals surface area contributed by atoms with Gasteiger partial charge in [0.2, 0.25) is 11.5 Å². The van der Waals surface area contributed by atoms with Gasteiger partial charge >= 0.3 is 12.1 Å². The quantitative estimate of drug-likeness (QED) is 0.871. The van der Waals surface area contributed by atoms with Crippen LogP contribution in [0.5, 0.6) is 0 Å². The summed E-state index contributed by atoms with van der Waals surface area (Å²) in [7, 11) is 0. The molecule has 1 atom stereocenters. The monoisotopic (exact) mass is 263 g/mol. The van der Waals surface area contributed by atoms with Gasteiger partial charge < -0.3 is 10.4 Å². The molecule has 1 rings (SSSR count). The van der Waals surface area contributed by atoms with E-state index in [-0.39, 0.29) is 5.95 Å². The molecule has 0 saturated carbocycles. The number of aliphatic carboxylic acids is 1. The number of nitrogens with zero attached hydrogens (tertiary/aromatic N) is 2. The van der Waals surface area contributed by atoms with Gasteiger partial charge in [0.05, 0.1) is 0 Å². The van der Waals surface area contributed by atoms with Gasteiger partial charge in [-0.25, -0.2) is 14.8 Å². The van der Waals surface area contributed by atoms with Crippen LogP contribution in [0.1, 0.15) is 18.3 Å². The first-order valence-corrected chi connectivity index (χ1v) is 4.97. The molecule has 0 aliphatic heterocycles. The van der Waals surface area contributed by atoms with Gasteiger partial charge in [0.25, 0.3) is 0 Å². The number of alkyl halides is 3. The minimum Gasteiger partial charge on any atom is -0.479 e. The minimum absolute atomic E-state index is 0.366. The molecule has 0 fully saturated rings. The van der Waals surface area contributed by atoms with Gasteiger partial charge in [0.1, 0.15) is 0 Å². The molecule has 1 aromatic heterocycles. The van der Waals surface area contributed by atoms with E-state index in [9.17, 15) is 18.0 Å². The van der Waals surface area contributed by atoms with Crippen molar-refractivity contribution in [3.8, 4) is 0 Å². The van der Waals surface area contributed by atoms with Gasteiger partial charge in [-0.2, -0.15) is 13.2 Å². The Morgan fingerprint density at radius 1 is 1.28 bits per heavy atom. The molecule has 0 aliphatic rings. The molecular weight excluding hydrogens is 251 g/mol. The summed E-state index contributed by atoms with van der Waals surface area (Å²) in [5.74, 6) is -2.41. The molecule has 0 saturated heterocycles. The number of carboxylic acids is 1. The van der Waals surface area contributed by atoms with E-state index in [0.29, 0.717) is 18.3 Å². The van der Waals surface area contributed by atoms with E-state index in [4.69, 9.17) is 5.11 Å². The number of carboxylic acid groups (broad SMARTS) is 1. The summed E-state index contributed by atoms with van der Waals surface area (Å²) in [4.78, 5) is 18.3. The maximum atomic E-state index is 12.7. The highest BCUT2D eigenvalue weighted by Gasteiger charge is 2.58. The second-order valence-corrected chi connectivity index (χ2v) is 4.03. The molecule has 2 N–H and O–H groups in total. The topological polar surface area (TPSA) is 75.1 Å². The third-order valence-electron chi connectivity index (χ3n) is 2.34. The molecular formula is C10H12F3N3O2. The van der Waals surface area contributed by atoms with Crippen molar-refractivity contribution in [3.63, 3.8) is 0 Å². The SMILES string of the molecule is Cc1cc(C)nc(NC(C)(C(=O)O)C(F)(F)F)n1. The largest absolute Gasteiger partial charge is 0.479 e. The number of carbonyl (C=O) groups is 1. The molecule has 0 spiro atoms. The summed E-state index contributed by atoms with van der Waals surface area (Å²) >= 11 is 0. The summed E-state index contributed by atoms with van der Waals surface area (Å²) in [5, 5.41) is 10.6. The molecule has 0 amide bonds. The summed E-state index contributed by atoms with van der Waals surface area (Å²) in [6.45, 7) is 3.67. The van der Waals surface area contributed by atoms with E-state index in [1.165, 1.54) is 0 Å². The Hall–Kier alpha value is -1.86. The third-order valence-corrected chi connectivity index (χ3v) is 2.34. The van der Waals surface area contributed by atoms with Crippen molar-refractivity contribution in [3.05, 3.63) is 17.5 Å². The van der Waals surface area contributed by atoms with Crippen LogP contribution in [0.4, 0.5) is 19.1 Å². The highest BCUT2D eigenvalue weighted by atomic mass is 19.4. The smallest absolute Gasteiger partial charge is 0.422 e. The van der Waals surface area contributed by atoms with Gasteiger partial charge in [-0.1, -0.05) is 0 Å². The molecule has 1 aromatic rings. The maximum absolute atomic E-state index is 12.7. The summed E-state index contributed by atoms with van der Waals surface area (Å²) in [6.07, 6.45) is -4.97. The van der Waals surface area contributed by atoms with Crippen LogP contribution < -0.4 is 5.32 Å². The van der Waals surface area contributed by atoms with Gasteiger partial charge in [-0.3, -0.25) is 0 Å². The third kappa shape index (κ3) is 2.69. The molecule has 0 radical (unpaired) electrons. The molecule has 0 bridgehead atoms. The molecule has 8 heteroatoms. The second kappa shape index (κ2) is 4.43. The number of nitrogens with one attached hydrogen (secondary N) is 1. The van der Waals surface area contributed by atoms with Crippen LogP contribution in [0.2, 0.25) is 0 Å². The first kappa shape index (κ1) is 14.2. The van der Waals surface area contributed by atoms with Crippen molar-refractivity contribution < 1.29 is 23.1 Å². The zero-order valence-corrected chi connectivity index (χ0v) is 9.96. The van der Waals surface area contributed by atoms with Crippen LogP contribution in [-0.4, -0.2) is 32.8 Å². The number of halogens is 3. The highest BCUT2D eigenvalue weighted by molar-refractivity contribution is 5.82. The van der Waals surface area contributed by atoms with Crippen molar-refractivity contribution in [2.75, 3.05) is 5.32 Å². The number of hydrogen-bond donors (Lipinski definition) is 2. The Kier molecular flexibility index (Phi) is 3.50. The van der Waals surface area contributed by atoms with Crippen molar-refractivity contribution in [1.82, 2.24) is 9.97 Å². The fraction of sp³-hybridized carbons (Fsp3) is 0.500. The average molecular weight is 263 g/mol. The van der Waals surface area contributed by atoms with E-state index < -0.39 is 17.7 Å². The van der Waals surface area contributed by atoms with Crippen LogP contribution in [-0.2, 0) is 4.79 Å². The fourth-order valence-electron chi connectivity index (χ4n) is 1.25. The summed E-state index contributed by atoms with van der Waals surface area (Å²) < 4.78 is 38.2. The van der Waals surface area contributed by atoms with E-state index in [0.717, 1.165) is 0 Å². The number of aromatic nitrogens is 2. The molecule has 100 valence electrons. The lowest BCUT2D eigenvalue weighted by Gasteiger charge is -2.28. The maximum Gasteiger partial charge on any atom is 0.422 e. The molecule has 1 unspecified atom stereocenters. The molecule has 18 heavy (non-hydrogen) atoms. The van der Waals surface area contributed by atoms with Gasteiger partial charge in [0, 0.05) is 11.4 Å². The Morgan fingerprint density at radius 2 is 1.72 bits per heavy atom. The Bertz CT molecular complexity index is 456. The summed E-state index contributed by atoms with van der Waals surface area (Å²) in [5.41, 5.74) is -2.24. The van der Waals surface area contributed by atoms with Crippen molar-refractivity contribution in [2.45, 2.75) is 32.5 Å². The van der Waals surface area contributed by atoms with Gasteiger partial charge in [-0.15, -0.1) is 0 Å². The minimum atomic E-state index is -4.97. The lowest BCUT2D eigenvalue weighted by atomic mass is 10.0. The summed E-state index contributed by atoms with van der Waals surface area (Å²) in [6, 6.07) is 1.57. The Balaban J connectivity index is 3.16. The van der Waals surface area contributed by atoms with E-state index in [1.807, 2.05) is 5.32 Å². The van der Waals surface area contributed by atoms with E-state index in [2.05, 4.69) is 9.97 Å². The van der Waals surface area contributed by atoms with Crippen LogP contribution in [0.15, 0.2) is 6.07 Å². The van der Waals surface area contributed by atoms with E-state index in [1.54, 1.807) is 19.9 Å². The average Bonchev–Trinajstić information content (AvgIpc) is 2.13. The number of hydrogen-bond acceptors (Lipinski definition) is 4. The predicted octanol–water partition coefficient (Wildman–Crippen LogP) is 1.91. The van der Waals surface area contributed by atoms with Crippen LogP contribution in [0.3, 0.4) is 0 Å². The Morgan fingerprint density at radius 3 is 2.06 bits per heavy atom. The zero-order chi connectivity index (χ0) is 14.1. The first-order chi connectivity index (χ1) is 8.06. The highest BCUT2D eigenvalue weighted by Crippen LogP contribution is 2.32.